The third kappa shape index (κ3) is 7.17. The van der Waals surface area contributed by atoms with Crippen molar-refractivity contribution in [2.75, 3.05) is 7.11 Å². The molecule has 6 heteroatoms. The van der Waals surface area contributed by atoms with Gasteiger partial charge in [0.25, 0.3) is 0 Å². The molecule has 1 aromatic carbocycles. The quantitative estimate of drug-likeness (QED) is 0.664. The highest BCUT2D eigenvalue weighted by Gasteiger charge is 2.19. The first kappa shape index (κ1) is 18.1. The summed E-state index contributed by atoms with van der Waals surface area (Å²) < 4.78 is 9.77. The molecule has 0 fully saturated rings. The van der Waals surface area contributed by atoms with Crippen molar-refractivity contribution >= 4 is 23.8 Å². The third-order valence-electron chi connectivity index (χ3n) is 2.33. The van der Waals surface area contributed by atoms with Crippen LogP contribution in [0.4, 0.5) is 4.79 Å². The van der Waals surface area contributed by atoms with E-state index in [1.807, 2.05) is 30.3 Å². The molecule has 0 spiro atoms. The van der Waals surface area contributed by atoms with Crippen LogP contribution in [0, 0.1) is 0 Å². The van der Waals surface area contributed by atoms with Crippen molar-refractivity contribution in [2.24, 2.45) is 0 Å². The van der Waals surface area contributed by atoms with Crippen molar-refractivity contribution in [2.45, 2.75) is 32.1 Å². The molecule has 0 aliphatic heterocycles. The molecule has 0 aliphatic rings. The van der Waals surface area contributed by atoms with Gasteiger partial charge in [0.15, 0.2) is 0 Å². The zero-order chi connectivity index (χ0) is 16.6. The minimum atomic E-state index is -0.690. The highest BCUT2D eigenvalue weighted by molar-refractivity contribution is 8.01. The molecule has 0 atom stereocenters. The maximum absolute atomic E-state index is 11.7. The van der Waals surface area contributed by atoms with Crippen LogP contribution in [0.25, 0.3) is 0 Å². The first-order valence-electron chi connectivity index (χ1n) is 6.76. The first-order valence-corrected chi connectivity index (χ1v) is 7.80. The number of benzene rings is 1. The number of nitrogens with one attached hydrogen (secondary N) is 1. The molecule has 1 N–H and O–H groups in total. The van der Waals surface area contributed by atoms with Crippen molar-refractivity contribution in [3.8, 4) is 0 Å². The molecule has 0 aromatic heterocycles. The highest BCUT2D eigenvalue weighted by atomic mass is 32.2. The van der Waals surface area contributed by atoms with Gasteiger partial charge in [-0.15, -0.1) is 11.8 Å². The Morgan fingerprint density at radius 3 is 2.41 bits per heavy atom. The Hall–Kier alpha value is -1.95. The molecule has 1 aromatic rings. The van der Waals surface area contributed by atoms with E-state index in [1.54, 1.807) is 26.2 Å². The van der Waals surface area contributed by atoms with Gasteiger partial charge in [-0.3, -0.25) is 5.32 Å². The van der Waals surface area contributed by atoms with E-state index in [-0.39, 0.29) is 5.70 Å². The number of carbonyl (C=O) groups excluding carboxylic acids is 2. The van der Waals surface area contributed by atoms with Gasteiger partial charge in [-0.1, -0.05) is 30.3 Å². The number of hydrogen-bond acceptors (Lipinski definition) is 5. The Morgan fingerprint density at radius 1 is 1.23 bits per heavy atom. The number of amides is 1. The second kappa shape index (κ2) is 8.48. The van der Waals surface area contributed by atoms with Crippen LogP contribution in [0.3, 0.4) is 0 Å². The summed E-state index contributed by atoms with van der Waals surface area (Å²) in [6.45, 7) is 5.24. The average Bonchev–Trinajstić information content (AvgIpc) is 2.44. The molecule has 120 valence electrons. The van der Waals surface area contributed by atoms with Crippen LogP contribution in [0.5, 0.6) is 0 Å². The Kier molecular flexibility index (Phi) is 6.98. The largest absolute Gasteiger partial charge is 0.464 e. The second-order valence-corrected chi connectivity index (χ2v) is 6.30. The molecule has 0 saturated heterocycles. The molecular weight excluding hydrogens is 302 g/mol. The van der Waals surface area contributed by atoms with Gasteiger partial charge >= 0.3 is 12.1 Å². The number of methoxy groups -OCH3 is 1. The lowest BCUT2D eigenvalue weighted by Crippen LogP contribution is -2.34. The molecule has 0 bridgehead atoms. The minimum Gasteiger partial charge on any atom is -0.464 e. The molecule has 1 amide bonds. The van der Waals surface area contributed by atoms with Crippen molar-refractivity contribution in [1.29, 1.82) is 0 Å². The van der Waals surface area contributed by atoms with Crippen LogP contribution in [-0.2, 0) is 20.0 Å². The predicted molar refractivity (Wildman–Crippen MR) is 87.2 cm³/mol. The first-order chi connectivity index (χ1) is 10.3. The summed E-state index contributed by atoms with van der Waals surface area (Å²) in [5.41, 5.74) is 0.533. The molecule has 5 nitrogen and oxygen atoms in total. The minimum absolute atomic E-state index is 0.0534. The standard InChI is InChI=1S/C16H21NO4S/c1-16(2,3)21-15(19)17-13(14(18)20-4)11-22-10-12-8-6-5-7-9-12/h5-9,11H,10H2,1-4H3,(H,17,19)/b13-11-. The number of hydrogen-bond donors (Lipinski definition) is 1. The average molecular weight is 323 g/mol. The molecule has 0 unspecified atom stereocenters. The topological polar surface area (TPSA) is 64.6 Å². The fourth-order valence-electron chi connectivity index (χ4n) is 1.45. The van der Waals surface area contributed by atoms with Crippen molar-refractivity contribution < 1.29 is 19.1 Å². The molecule has 0 aliphatic carbocycles. The monoisotopic (exact) mass is 323 g/mol. The molecule has 22 heavy (non-hydrogen) atoms. The predicted octanol–water partition coefficient (Wildman–Crippen LogP) is 3.46. The van der Waals surface area contributed by atoms with Crippen LogP contribution < -0.4 is 5.32 Å². The number of esters is 1. The Bertz CT molecular complexity index is 535. The van der Waals surface area contributed by atoms with Crippen molar-refractivity contribution in [3.63, 3.8) is 0 Å². The smallest absolute Gasteiger partial charge is 0.412 e. The van der Waals surface area contributed by atoms with Crippen LogP contribution in [-0.4, -0.2) is 24.8 Å². The SMILES string of the molecule is COC(=O)/C(=C/SCc1ccccc1)NC(=O)OC(C)(C)C. The Morgan fingerprint density at radius 2 is 1.86 bits per heavy atom. The summed E-state index contributed by atoms with van der Waals surface area (Å²) >= 11 is 1.38. The number of alkyl carbamates (subject to hydrolysis) is 1. The van der Waals surface area contributed by atoms with Gasteiger partial charge in [0.2, 0.25) is 0 Å². The van der Waals surface area contributed by atoms with E-state index in [2.05, 4.69) is 10.1 Å². The fourth-order valence-corrected chi connectivity index (χ4v) is 2.24. The van der Waals surface area contributed by atoms with Crippen LogP contribution in [0.1, 0.15) is 26.3 Å². The Balaban J connectivity index is 2.65. The van der Waals surface area contributed by atoms with E-state index in [1.165, 1.54) is 18.9 Å². The summed E-state index contributed by atoms with van der Waals surface area (Å²) in [5.74, 6) is 0.0589. The molecule has 0 saturated carbocycles. The lowest BCUT2D eigenvalue weighted by molar-refractivity contribution is -0.136. The third-order valence-corrected chi connectivity index (χ3v) is 3.24. The maximum atomic E-state index is 11.7. The summed E-state index contributed by atoms with van der Waals surface area (Å²) in [5, 5.41) is 3.97. The summed E-state index contributed by atoms with van der Waals surface area (Å²) in [6.07, 6.45) is -0.690. The van der Waals surface area contributed by atoms with Crippen LogP contribution >= 0.6 is 11.8 Å². The normalized spacial score (nSPS) is 11.7. The van der Waals surface area contributed by atoms with Gasteiger partial charge in [-0.05, 0) is 26.3 Å². The zero-order valence-electron chi connectivity index (χ0n) is 13.2. The van der Waals surface area contributed by atoms with E-state index in [9.17, 15) is 9.59 Å². The maximum Gasteiger partial charge on any atom is 0.412 e. The van der Waals surface area contributed by atoms with Crippen LogP contribution in [0.15, 0.2) is 41.4 Å². The number of ether oxygens (including phenoxy) is 2. The lowest BCUT2D eigenvalue weighted by atomic mass is 10.2. The summed E-state index contributed by atoms with van der Waals surface area (Å²) in [4.78, 5) is 23.4. The van der Waals surface area contributed by atoms with E-state index >= 15 is 0 Å². The molecule has 0 heterocycles. The molecule has 0 radical (unpaired) electrons. The van der Waals surface area contributed by atoms with Crippen LogP contribution in [0.2, 0.25) is 0 Å². The summed E-state index contributed by atoms with van der Waals surface area (Å²) in [6, 6.07) is 9.80. The number of carbonyl (C=O) groups is 2. The lowest BCUT2D eigenvalue weighted by Gasteiger charge is -2.20. The van der Waals surface area contributed by atoms with Crippen molar-refractivity contribution in [3.05, 3.63) is 47.0 Å². The zero-order valence-corrected chi connectivity index (χ0v) is 14.0. The van der Waals surface area contributed by atoms with E-state index in [4.69, 9.17) is 4.74 Å². The number of rotatable bonds is 5. The van der Waals surface area contributed by atoms with Gasteiger partial charge < -0.3 is 9.47 Å². The van der Waals surface area contributed by atoms with E-state index in [0.29, 0.717) is 5.75 Å². The van der Waals surface area contributed by atoms with Gasteiger partial charge in [0.05, 0.1) is 7.11 Å². The second-order valence-electron chi connectivity index (χ2n) is 5.45. The highest BCUT2D eigenvalue weighted by Crippen LogP contribution is 2.15. The van der Waals surface area contributed by atoms with Gasteiger partial charge in [0.1, 0.15) is 11.3 Å². The van der Waals surface area contributed by atoms with E-state index in [0.717, 1.165) is 5.56 Å². The number of thioether (sulfide) groups is 1. The van der Waals surface area contributed by atoms with Crippen molar-refractivity contribution in [1.82, 2.24) is 5.32 Å². The van der Waals surface area contributed by atoms with Gasteiger partial charge in [-0.2, -0.15) is 0 Å². The molecular formula is C16H21NO4S. The fraction of sp³-hybridized carbons (Fsp3) is 0.375. The molecule has 1 rings (SSSR count). The van der Waals surface area contributed by atoms with Gasteiger partial charge in [0, 0.05) is 11.2 Å². The summed E-state index contributed by atoms with van der Waals surface area (Å²) in [7, 11) is 1.26. The van der Waals surface area contributed by atoms with E-state index < -0.39 is 17.7 Å². The van der Waals surface area contributed by atoms with Gasteiger partial charge in [-0.25, -0.2) is 9.59 Å². The Labute approximate surface area is 135 Å².